The zero-order valence-electron chi connectivity index (χ0n) is 9.82. The number of nitriles is 1. The van der Waals surface area contributed by atoms with Gasteiger partial charge in [0.1, 0.15) is 0 Å². The van der Waals surface area contributed by atoms with Crippen LogP contribution in [-0.2, 0) is 6.42 Å². The molecule has 0 saturated carbocycles. The molecule has 0 aliphatic carbocycles. The molecule has 2 rings (SSSR count). The topological polar surface area (TPSA) is 27.0 Å². The molecule has 0 bridgehead atoms. The number of para-hydroxylation sites is 1. The highest BCUT2D eigenvalue weighted by Gasteiger charge is 2.19. The second-order valence-corrected chi connectivity index (χ2v) is 4.49. The van der Waals surface area contributed by atoms with Crippen LogP contribution in [0.3, 0.4) is 0 Å². The number of hydrogen-bond acceptors (Lipinski definition) is 2. The third kappa shape index (κ3) is 2.19. The molecule has 0 spiro atoms. The number of hydrogen-bond donors (Lipinski definition) is 0. The third-order valence-electron chi connectivity index (χ3n) is 3.31. The molecule has 1 unspecified atom stereocenters. The highest BCUT2D eigenvalue weighted by Crippen LogP contribution is 2.28. The Morgan fingerprint density at radius 1 is 1.38 bits per heavy atom. The Labute approximate surface area is 97.5 Å². The first-order valence-electron chi connectivity index (χ1n) is 6.04. The van der Waals surface area contributed by atoms with E-state index in [0.717, 1.165) is 6.54 Å². The molecule has 1 heterocycles. The van der Waals surface area contributed by atoms with E-state index in [1.165, 1.54) is 30.5 Å². The fourth-order valence-electron chi connectivity index (χ4n) is 2.42. The highest BCUT2D eigenvalue weighted by atomic mass is 15.2. The van der Waals surface area contributed by atoms with Crippen molar-refractivity contribution in [3.63, 3.8) is 0 Å². The van der Waals surface area contributed by atoms with Crippen molar-refractivity contribution in [3.05, 3.63) is 29.8 Å². The first kappa shape index (κ1) is 11.0. The van der Waals surface area contributed by atoms with Crippen molar-refractivity contribution in [2.75, 3.05) is 11.4 Å². The van der Waals surface area contributed by atoms with E-state index in [1.807, 2.05) is 0 Å². The van der Waals surface area contributed by atoms with E-state index in [2.05, 4.69) is 42.2 Å². The average Bonchev–Trinajstić information content (AvgIpc) is 2.51. The van der Waals surface area contributed by atoms with Crippen molar-refractivity contribution < 1.29 is 0 Å². The molecule has 0 N–H and O–H groups in total. The lowest BCUT2D eigenvalue weighted by molar-refractivity contribution is 0.625. The van der Waals surface area contributed by atoms with Crippen LogP contribution in [0.4, 0.5) is 5.69 Å². The summed E-state index contributed by atoms with van der Waals surface area (Å²) in [4.78, 5) is 2.39. The Hall–Kier alpha value is -1.49. The minimum Gasteiger partial charge on any atom is -0.368 e. The maximum absolute atomic E-state index is 8.81. The van der Waals surface area contributed by atoms with Gasteiger partial charge in [0, 0.05) is 18.3 Å². The summed E-state index contributed by atoms with van der Waals surface area (Å²) in [5.41, 5.74) is 2.77. The number of fused-ring (bicyclic) bond motifs is 1. The molecule has 1 aliphatic rings. The zero-order valence-corrected chi connectivity index (χ0v) is 9.82. The van der Waals surface area contributed by atoms with Gasteiger partial charge in [-0.3, -0.25) is 0 Å². The Kier molecular flexibility index (Phi) is 3.46. The van der Waals surface area contributed by atoms with Crippen LogP contribution in [0.2, 0.25) is 0 Å². The molecular weight excluding hydrogens is 196 g/mol. The Balaban J connectivity index is 2.29. The second-order valence-electron chi connectivity index (χ2n) is 4.49. The van der Waals surface area contributed by atoms with Crippen LogP contribution in [0, 0.1) is 11.3 Å². The summed E-state index contributed by atoms with van der Waals surface area (Å²) < 4.78 is 0. The standard InChI is InChI=1S/C14H18N2/c1-12(9-10-15)16-11-5-4-7-13-6-2-3-8-14(13)16/h2-3,6,8,12H,4-5,7,9,11H2,1H3. The number of benzene rings is 1. The molecule has 1 aromatic rings. The van der Waals surface area contributed by atoms with E-state index >= 15 is 0 Å². The second kappa shape index (κ2) is 5.03. The van der Waals surface area contributed by atoms with E-state index in [1.54, 1.807) is 0 Å². The number of anilines is 1. The summed E-state index contributed by atoms with van der Waals surface area (Å²) >= 11 is 0. The first-order valence-corrected chi connectivity index (χ1v) is 6.04. The third-order valence-corrected chi connectivity index (χ3v) is 3.31. The summed E-state index contributed by atoms with van der Waals surface area (Å²) in [6.07, 6.45) is 4.26. The van der Waals surface area contributed by atoms with Gasteiger partial charge in [0.15, 0.2) is 0 Å². The van der Waals surface area contributed by atoms with Gasteiger partial charge < -0.3 is 4.90 Å². The molecule has 1 atom stereocenters. The Morgan fingerprint density at radius 2 is 2.19 bits per heavy atom. The molecular formula is C14H18N2. The molecule has 2 nitrogen and oxygen atoms in total. The minimum atomic E-state index is 0.323. The lowest BCUT2D eigenvalue weighted by Crippen LogP contribution is -2.33. The van der Waals surface area contributed by atoms with E-state index in [4.69, 9.17) is 5.26 Å². The van der Waals surface area contributed by atoms with Crippen LogP contribution >= 0.6 is 0 Å². The molecule has 1 aliphatic heterocycles. The SMILES string of the molecule is CC(CC#N)N1CCCCc2ccccc21. The van der Waals surface area contributed by atoms with Crippen LogP contribution in [0.1, 0.15) is 31.7 Å². The summed E-state index contributed by atoms with van der Waals surface area (Å²) in [5, 5.41) is 8.81. The monoisotopic (exact) mass is 214 g/mol. The van der Waals surface area contributed by atoms with Crippen molar-refractivity contribution in [2.24, 2.45) is 0 Å². The Morgan fingerprint density at radius 3 is 3.00 bits per heavy atom. The smallest absolute Gasteiger partial charge is 0.0643 e. The van der Waals surface area contributed by atoms with E-state index < -0.39 is 0 Å². The van der Waals surface area contributed by atoms with Crippen molar-refractivity contribution in [2.45, 2.75) is 38.6 Å². The molecule has 16 heavy (non-hydrogen) atoms. The van der Waals surface area contributed by atoms with E-state index in [0.29, 0.717) is 12.5 Å². The normalized spacial score (nSPS) is 17.1. The number of rotatable bonds is 2. The summed E-state index contributed by atoms with van der Waals surface area (Å²) in [7, 11) is 0. The van der Waals surface area contributed by atoms with Gasteiger partial charge in [-0.1, -0.05) is 18.2 Å². The molecule has 0 saturated heterocycles. The molecule has 1 aromatic carbocycles. The van der Waals surface area contributed by atoms with Crippen LogP contribution < -0.4 is 4.90 Å². The van der Waals surface area contributed by atoms with Gasteiger partial charge in [0.25, 0.3) is 0 Å². The van der Waals surface area contributed by atoms with Gasteiger partial charge >= 0.3 is 0 Å². The van der Waals surface area contributed by atoms with Crippen LogP contribution in [-0.4, -0.2) is 12.6 Å². The molecule has 0 radical (unpaired) electrons. The predicted molar refractivity (Wildman–Crippen MR) is 66.4 cm³/mol. The van der Waals surface area contributed by atoms with Gasteiger partial charge in [-0.05, 0) is 37.8 Å². The summed E-state index contributed by atoms with van der Waals surface area (Å²) in [5.74, 6) is 0. The summed E-state index contributed by atoms with van der Waals surface area (Å²) in [6, 6.07) is 11.2. The van der Waals surface area contributed by atoms with Crippen molar-refractivity contribution in [3.8, 4) is 6.07 Å². The van der Waals surface area contributed by atoms with Crippen molar-refractivity contribution in [1.82, 2.24) is 0 Å². The van der Waals surface area contributed by atoms with Crippen LogP contribution in [0.5, 0.6) is 0 Å². The lowest BCUT2D eigenvalue weighted by atomic mass is 10.1. The maximum atomic E-state index is 8.81. The van der Waals surface area contributed by atoms with Crippen LogP contribution in [0.15, 0.2) is 24.3 Å². The molecule has 0 amide bonds. The lowest BCUT2D eigenvalue weighted by Gasteiger charge is -2.30. The maximum Gasteiger partial charge on any atom is 0.0643 e. The minimum absolute atomic E-state index is 0.323. The molecule has 0 fully saturated rings. The Bertz CT molecular complexity index is 392. The fourth-order valence-corrected chi connectivity index (χ4v) is 2.42. The largest absolute Gasteiger partial charge is 0.368 e. The summed E-state index contributed by atoms with van der Waals surface area (Å²) in [6.45, 7) is 3.23. The van der Waals surface area contributed by atoms with E-state index in [-0.39, 0.29) is 0 Å². The number of nitrogens with zero attached hydrogens (tertiary/aromatic N) is 2. The van der Waals surface area contributed by atoms with Gasteiger partial charge in [0.05, 0.1) is 12.5 Å². The molecule has 0 aromatic heterocycles. The van der Waals surface area contributed by atoms with E-state index in [9.17, 15) is 0 Å². The fraction of sp³-hybridized carbons (Fsp3) is 0.500. The van der Waals surface area contributed by atoms with Crippen molar-refractivity contribution >= 4 is 5.69 Å². The molecule has 2 heteroatoms. The van der Waals surface area contributed by atoms with Gasteiger partial charge in [-0.2, -0.15) is 5.26 Å². The van der Waals surface area contributed by atoms with Gasteiger partial charge in [-0.15, -0.1) is 0 Å². The molecule has 84 valence electrons. The predicted octanol–water partition coefficient (Wildman–Crippen LogP) is 3.13. The zero-order chi connectivity index (χ0) is 11.4. The number of aryl methyl sites for hydroxylation is 1. The van der Waals surface area contributed by atoms with Gasteiger partial charge in [-0.25, -0.2) is 0 Å². The highest BCUT2D eigenvalue weighted by molar-refractivity contribution is 5.55. The quantitative estimate of drug-likeness (QED) is 0.756. The first-order chi connectivity index (χ1) is 7.83. The average molecular weight is 214 g/mol. The van der Waals surface area contributed by atoms with Crippen LogP contribution in [0.25, 0.3) is 0 Å². The van der Waals surface area contributed by atoms with Crippen molar-refractivity contribution in [1.29, 1.82) is 5.26 Å². The van der Waals surface area contributed by atoms with Gasteiger partial charge in [0.2, 0.25) is 0 Å².